The van der Waals surface area contributed by atoms with Crippen molar-refractivity contribution in [1.82, 2.24) is 9.71 Å². The van der Waals surface area contributed by atoms with Crippen LogP contribution in [-0.4, -0.2) is 19.9 Å². The minimum atomic E-state index is -3.58. The van der Waals surface area contributed by atoms with Gasteiger partial charge < -0.3 is 5.73 Å². The third-order valence-electron chi connectivity index (χ3n) is 3.47. The topological polar surface area (TPSA) is 85.1 Å². The van der Waals surface area contributed by atoms with E-state index in [2.05, 4.69) is 23.6 Å². The van der Waals surface area contributed by atoms with Crippen LogP contribution in [0, 0.1) is 0 Å². The number of aromatic nitrogens is 1. The summed E-state index contributed by atoms with van der Waals surface area (Å²) in [5.74, 6) is 0.453. The molecule has 2 rings (SSSR count). The Morgan fingerprint density at radius 1 is 1.14 bits per heavy atom. The van der Waals surface area contributed by atoms with E-state index in [4.69, 9.17) is 5.73 Å². The highest BCUT2D eigenvalue weighted by Crippen LogP contribution is 2.17. The van der Waals surface area contributed by atoms with Crippen molar-refractivity contribution in [3.05, 3.63) is 59.9 Å². The van der Waals surface area contributed by atoms with E-state index in [0.717, 1.165) is 5.56 Å². The van der Waals surface area contributed by atoms with Crippen molar-refractivity contribution in [2.45, 2.75) is 30.7 Å². The van der Waals surface area contributed by atoms with Gasteiger partial charge in [0.05, 0.1) is 0 Å². The van der Waals surface area contributed by atoms with E-state index in [9.17, 15) is 8.42 Å². The average molecular weight is 319 g/mol. The monoisotopic (exact) mass is 319 g/mol. The lowest BCUT2D eigenvalue weighted by Gasteiger charge is -2.14. The quantitative estimate of drug-likeness (QED) is 0.854. The molecule has 0 amide bonds. The first-order chi connectivity index (χ1) is 10.4. The molecule has 0 spiro atoms. The molecule has 6 heteroatoms. The summed E-state index contributed by atoms with van der Waals surface area (Å²) in [6.07, 6.45) is 2.84. The van der Waals surface area contributed by atoms with Gasteiger partial charge in [-0.05, 0) is 29.2 Å². The fourth-order valence-electron chi connectivity index (χ4n) is 2.03. The van der Waals surface area contributed by atoms with Gasteiger partial charge in [-0.2, -0.15) is 0 Å². The standard InChI is InChI=1S/C16H21N3O2S/c1-12(2)13-5-7-14(8-6-13)16(17)11-19-22(20,21)15-4-3-9-18-10-15/h3-10,12,16,19H,11,17H2,1-2H3/t16-/m0/s1. The zero-order valence-corrected chi connectivity index (χ0v) is 13.5. The second-order valence-corrected chi connectivity index (χ2v) is 7.24. The van der Waals surface area contributed by atoms with Crippen LogP contribution in [0.1, 0.15) is 36.9 Å². The van der Waals surface area contributed by atoms with Gasteiger partial charge in [0.2, 0.25) is 10.0 Å². The first-order valence-corrected chi connectivity index (χ1v) is 8.63. The molecule has 1 aromatic heterocycles. The minimum absolute atomic E-state index is 0.136. The van der Waals surface area contributed by atoms with E-state index in [1.807, 2.05) is 24.3 Å². The number of sulfonamides is 1. The molecule has 2 aromatic rings. The first-order valence-electron chi connectivity index (χ1n) is 7.15. The van der Waals surface area contributed by atoms with Gasteiger partial charge >= 0.3 is 0 Å². The van der Waals surface area contributed by atoms with Crippen molar-refractivity contribution >= 4 is 10.0 Å². The number of nitrogens with one attached hydrogen (secondary N) is 1. The molecular weight excluding hydrogens is 298 g/mol. The van der Waals surface area contributed by atoms with Gasteiger partial charge in [0.15, 0.2) is 0 Å². The molecule has 0 aliphatic rings. The summed E-state index contributed by atoms with van der Waals surface area (Å²) in [6, 6.07) is 10.6. The van der Waals surface area contributed by atoms with E-state index < -0.39 is 16.1 Å². The molecule has 0 saturated carbocycles. The van der Waals surface area contributed by atoms with Gasteiger partial charge in [-0.1, -0.05) is 38.1 Å². The average Bonchev–Trinajstić information content (AvgIpc) is 2.53. The number of rotatable bonds is 6. The summed E-state index contributed by atoms with van der Waals surface area (Å²) >= 11 is 0. The maximum atomic E-state index is 12.1. The highest BCUT2D eigenvalue weighted by Gasteiger charge is 2.16. The van der Waals surface area contributed by atoms with Crippen LogP contribution >= 0.6 is 0 Å². The van der Waals surface area contributed by atoms with Crippen LogP contribution in [0.5, 0.6) is 0 Å². The molecule has 0 fully saturated rings. The Bertz CT molecular complexity index is 698. The maximum Gasteiger partial charge on any atom is 0.242 e. The van der Waals surface area contributed by atoms with Crippen LogP contribution in [0.15, 0.2) is 53.7 Å². The van der Waals surface area contributed by atoms with E-state index in [1.54, 1.807) is 6.07 Å². The summed E-state index contributed by atoms with van der Waals surface area (Å²) in [4.78, 5) is 3.95. The zero-order valence-electron chi connectivity index (χ0n) is 12.7. The lowest BCUT2D eigenvalue weighted by atomic mass is 9.99. The second-order valence-electron chi connectivity index (χ2n) is 5.47. The van der Waals surface area contributed by atoms with E-state index in [0.29, 0.717) is 5.92 Å². The highest BCUT2D eigenvalue weighted by atomic mass is 32.2. The molecule has 3 N–H and O–H groups in total. The number of nitrogens with zero attached hydrogens (tertiary/aromatic N) is 1. The molecule has 5 nitrogen and oxygen atoms in total. The SMILES string of the molecule is CC(C)c1ccc([C@@H](N)CNS(=O)(=O)c2cccnc2)cc1. The normalized spacial score (nSPS) is 13.3. The third-order valence-corrected chi connectivity index (χ3v) is 4.88. The van der Waals surface area contributed by atoms with Crippen molar-refractivity contribution in [1.29, 1.82) is 0 Å². The lowest BCUT2D eigenvalue weighted by Crippen LogP contribution is -2.32. The molecule has 0 aliphatic carbocycles. The molecule has 118 valence electrons. The molecular formula is C16H21N3O2S. The van der Waals surface area contributed by atoms with E-state index in [1.165, 1.54) is 24.0 Å². The van der Waals surface area contributed by atoms with Crippen LogP contribution in [0.25, 0.3) is 0 Å². The molecule has 0 aliphatic heterocycles. The van der Waals surface area contributed by atoms with Crippen molar-refractivity contribution in [3.8, 4) is 0 Å². The Kier molecular flexibility index (Phi) is 5.28. The Labute approximate surface area is 131 Å². The summed E-state index contributed by atoms with van der Waals surface area (Å²) in [5.41, 5.74) is 8.19. The van der Waals surface area contributed by atoms with Crippen LogP contribution in [0.2, 0.25) is 0 Å². The molecule has 0 unspecified atom stereocenters. The molecule has 22 heavy (non-hydrogen) atoms. The summed E-state index contributed by atoms with van der Waals surface area (Å²) in [6.45, 7) is 4.38. The molecule has 1 aromatic carbocycles. The maximum absolute atomic E-state index is 12.1. The van der Waals surface area contributed by atoms with Gasteiger partial charge in [0, 0.05) is 25.0 Å². The number of benzene rings is 1. The van der Waals surface area contributed by atoms with Crippen LogP contribution in [0.3, 0.4) is 0 Å². The summed E-state index contributed by atoms with van der Waals surface area (Å²) in [7, 11) is -3.58. The van der Waals surface area contributed by atoms with Crippen molar-refractivity contribution < 1.29 is 8.42 Å². The second kappa shape index (κ2) is 7.00. The van der Waals surface area contributed by atoms with Gasteiger partial charge in [-0.15, -0.1) is 0 Å². The fraction of sp³-hybridized carbons (Fsp3) is 0.312. The van der Waals surface area contributed by atoms with E-state index >= 15 is 0 Å². The minimum Gasteiger partial charge on any atom is -0.323 e. The molecule has 0 bridgehead atoms. The van der Waals surface area contributed by atoms with Crippen LogP contribution in [0.4, 0.5) is 0 Å². The number of hydrogen-bond donors (Lipinski definition) is 2. The predicted octanol–water partition coefficient (Wildman–Crippen LogP) is 2.18. The van der Waals surface area contributed by atoms with Crippen molar-refractivity contribution in [2.75, 3.05) is 6.54 Å². The smallest absolute Gasteiger partial charge is 0.242 e. The number of hydrogen-bond acceptors (Lipinski definition) is 4. The van der Waals surface area contributed by atoms with Gasteiger partial charge in [-0.25, -0.2) is 13.1 Å². The van der Waals surface area contributed by atoms with Crippen LogP contribution in [-0.2, 0) is 10.0 Å². The number of nitrogens with two attached hydrogens (primary N) is 1. The molecule has 0 saturated heterocycles. The van der Waals surface area contributed by atoms with E-state index in [-0.39, 0.29) is 11.4 Å². The summed E-state index contributed by atoms with van der Waals surface area (Å²) in [5, 5.41) is 0. The van der Waals surface area contributed by atoms with Gasteiger partial charge in [0.25, 0.3) is 0 Å². The zero-order chi connectivity index (χ0) is 16.2. The van der Waals surface area contributed by atoms with Gasteiger partial charge in [-0.3, -0.25) is 4.98 Å². The predicted molar refractivity (Wildman–Crippen MR) is 86.9 cm³/mol. The number of pyridine rings is 1. The highest BCUT2D eigenvalue weighted by molar-refractivity contribution is 7.89. The fourth-order valence-corrected chi connectivity index (χ4v) is 3.06. The summed E-state index contributed by atoms with van der Waals surface area (Å²) < 4.78 is 26.7. The van der Waals surface area contributed by atoms with Crippen molar-refractivity contribution in [2.24, 2.45) is 5.73 Å². The lowest BCUT2D eigenvalue weighted by molar-refractivity contribution is 0.572. The Balaban J connectivity index is 2.02. The first kappa shape index (κ1) is 16.6. The van der Waals surface area contributed by atoms with Crippen molar-refractivity contribution in [3.63, 3.8) is 0 Å². The molecule has 1 heterocycles. The van der Waals surface area contributed by atoms with Crippen LogP contribution < -0.4 is 10.5 Å². The largest absolute Gasteiger partial charge is 0.323 e. The Morgan fingerprint density at radius 3 is 2.32 bits per heavy atom. The Morgan fingerprint density at radius 2 is 1.77 bits per heavy atom. The molecule has 1 atom stereocenters. The Hall–Kier alpha value is -1.76. The third kappa shape index (κ3) is 4.13. The van der Waals surface area contributed by atoms with Gasteiger partial charge in [0.1, 0.15) is 4.90 Å². The molecule has 0 radical (unpaired) electrons.